The molecular weight excluding hydrogens is 250 g/mol. The Labute approximate surface area is 111 Å². The number of nitrogens with one attached hydrogen (secondary N) is 1. The zero-order valence-electron chi connectivity index (χ0n) is 10.4. The zero-order valence-corrected chi connectivity index (χ0v) is 11.2. The first kappa shape index (κ1) is 13.5. The van der Waals surface area contributed by atoms with Crippen molar-refractivity contribution in [3.05, 3.63) is 22.4 Å². The van der Waals surface area contributed by atoms with E-state index in [1.54, 1.807) is 11.3 Å². The fourth-order valence-corrected chi connectivity index (χ4v) is 2.72. The topological polar surface area (TPSA) is 58.6 Å². The number of aliphatic hydroxyl groups is 1. The van der Waals surface area contributed by atoms with E-state index in [-0.39, 0.29) is 5.91 Å². The van der Waals surface area contributed by atoms with E-state index < -0.39 is 5.60 Å². The van der Waals surface area contributed by atoms with Crippen LogP contribution in [-0.2, 0) is 16.0 Å². The van der Waals surface area contributed by atoms with E-state index in [4.69, 9.17) is 4.74 Å². The first-order chi connectivity index (χ1) is 8.68. The smallest absolute Gasteiger partial charge is 0.220 e. The molecule has 1 fully saturated rings. The molecule has 100 valence electrons. The van der Waals surface area contributed by atoms with Crippen molar-refractivity contribution in [2.24, 2.45) is 0 Å². The van der Waals surface area contributed by atoms with Crippen molar-refractivity contribution in [2.75, 3.05) is 19.8 Å². The van der Waals surface area contributed by atoms with Gasteiger partial charge in [-0.2, -0.15) is 0 Å². The molecule has 0 spiro atoms. The Bertz CT molecular complexity index is 372. The number of carbonyl (C=O) groups is 1. The molecular formula is C13H19NO3S. The molecule has 1 saturated heterocycles. The Hall–Kier alpha value is -0.910. The summed E-state index contributed by atoms with van der Waals surface area (Å²) in [4.78, 5) is 12.9. The summed E-state index contributed by atoms with van der Waals surface area (Å²) in [5.41, 5.74) is -0.858. The largest absolute Gasteiger partial charge is 0.386 e. The number of hydrogen-bond acceptors (Lipinski definition) is 4. The minimum Gasteiger partial charge on any atom is -0.386 e. The number of amides is 1. The molecule has 1 unspecified atom stereocenters. The van der Waals surface area contributed by atoms with E-state index in [9.17, 15) is 9.90 Å². The number of hydrogen-bond donors (Lipinski definition) is 2. The van der Waals surface area contributed by atoms with Gasteiger partial charge in [0, 0.05) is 30.9 Å². The molecule has 4 nitrogen and oxygen atoms in total. The van der Waals surface area contributed by atoms with Crippen LogP contribution in [-0.4, -0.2) is 36.4 Å². The Kier molecular flexibility index (Phi) is 4.74. The van der Waals surface area contributed by atoms with Crippen LogP contribution < -0.4 is 5.32 Å². The molecule has 1 aliphatic rings. The minimum atomic E-state index is -0.858. The summed E-state index contributed by atoms with van der Waals surface area (Å²) in [6.45, 7) is 1.19. The van der Waals surface area contributed by atoms with Crippen LogP contribution in [0.3, 0.4) is 0 Å². The van der Waals surface area contributed by atoms with Gasteiger partial charge >= 0.3 is 0 Å². The monoisotopic (exact) mass is 269 g/mol. The van der Waals surface area contributed by atoms with Crippen molar-refractivity contribution in [1.29, 1.82) is 0 Å². The maximum atomic E-state index is 11.6. The highest BCUT2D eigenvalue weighted by Crippen LogP contribution is 2.17. The van der Waals surface area contributed by atoms with E-state index in [0.717, 1.165) is 12.8 Å². The Morgan fingerprint density at radius 2 is 2.50 bits per heavy atom. The average Bonchev–Trinajstić information content (AvgIpc) is 2.99. The third-order valence-corrected chi connectivity index (χ3v) is 4.04. The Morgan fingerprint density at radius 3 is 3.17 bits per heavy atom. The fraction of sp³-hybridized carbons (Fsp3) is 0.615. The number of ether oxygens (including phenoxy) is 1. The number of carbonyl (C=O) groups excluding carboxylic acids is 1. The van der Waals surface area contributed by atoms with Crippen molar-refractivity contribution < 1.29 is 14.6 Å². The second-order valence-corrected chi connectivity index (χ2v) is 5.77. The summed E-state index contributed by atoms with van der Waals surface area (Å²) in [6, 6.07) is 4.11. The normalized spacial score (nSPS) is 23.2. The number of thiophene rings is 1. The van der Waals surface area contributed by atoms with Gasteiger partial charge in [0.2, 0.25) is 5.91 Å². The molecule has 5 heteroatoms. The summed E-state index contributed by atoms with van der Waals surface area (Å²) in [6.07, 6.45) is 2.90. The minimum absolute atomic E-state index is 0.00637. The lowest BCUT2D eigenvalue weighted by Gasteiger charge is -2.20. The second kappa shape index (κ2) is 6.31. The van der Waals surface area contributed by atoms with Gasteiger partial charge in [-0.05, 0) is 24.3 Å². The maximum absolute atomic E-state index is 11.6. The molecule has 2 N–H and O–H groups in total. The van der Waals surface area contributed by atoms with E-state index in [1.807, 2.05) is 11.4 Å². The van der Waals surface area contributed by atoms with Gasteiger partial charge in [-0.15, -0.1) is 11.3 Å². The van der Waals surface area contributed by atoms with Gasteiger partial charge in [0.25, 0.3) is 0 Å². The van der Waals surface area contributed by atoms with Crippen LogP contribution in [0, 0.1) is 0 Å². The van der Waals surface area contributed by atoms with Crippen molar-refractivity contribution in [2.45, 2.75) is 31.3 Å². The standard InChI is InChI=1S/C13H19NO3S/c15-12(5-1-3-11-4-2-8-18-11)14-9-13(16)6-7-17-10-13/h2,4,8,16H,1,3,5-7,9-10H2,(H,14,15). The molecule has 1 aromatic rings. The predicted molar refractivity (Wildman–Crippen MR) is 70.7 cm³/mol. The van der Waals surface area contributed by atoms with E-state index in [1.165, 1.54) is 4.88 Å². The number of aryl methyl sites for hydroxylation is 1. The molecule has 2 rings (SSSR count). The molecule has 18 heavy (non-hydrogen) atoms. The van der Waals surface area contributed by atoms with Crippen LogP contribution in [0.4, 0.5) is 0 Å². The molecule has 0 bridgehead atoms. The Morgan fingerprint density at radius 1 is 1.61 bits per heavy atom. The zero-order chi connectivity index (χ0) is 12.8. The summed E-state index contributed by atoms with van der Waals surface area (Å²) in [7, 11) is 0. The molecule has 1 aromatic heterocycles. The second-order valence-electron chi connectivity index (χ2n) is 4.74. The quantitative estimate of drug-likeness (QED) is 0.819. The number of rotatable bonds is 6. The van der Waals surface area contributed by atoms with Crippen LogP contribution in [0.15, 0.2) is 17.5 Å². The predicted octanol–water partition coefficient (Wildman–Crippen LogP) is 1.34. The van der Waals surface area contributed by atoms with E-state index >= 15 is 0 Å². The average molecular weight is 269 g/mol. The molecule has 1 amide bonds. The first-order valence-electron chi connectivity index (χ1n) is 6.27. The third kappa shape index (κ3) is 4.08. The summed E-state index contributed by atoms with van der Waals surface area (Å²) in [5, 5.41) is 14.8. The molecule has 2 heterocycles. The van der Waals surface area contributed by atoms with Crippen LogP contribution >= 0.6 is 11.3 Å². The van der Waals surface area contributed by atoms with E-state index in [0.29, 0.717) is 32.6 Å². The van der Waals surface area contributed by atoms with Crippen molar-refractivity contribution in [3.63, 3.8) is 0 Å². The molecule has 0 aliphatic carbocycles. The highest BCUT2D eigenvalue weighted by Gasteiger charge is 2.32. The van der Waals surface area contributed by atoms with Gasteiger partial charge in [0.05, 0.1) is 6.61 Å². The lowest BCUT2D eigenvalue weighted by Crippen LogP contribution is -2.43. The summed E-state index contributed by atoms with van der Waals surface area (Å²) >= 11 is 1.72. The third-order valence-electron chi connectivity index (χ3n) is 3.10. The fourth-order valence-electron chi connectivity index (χ4n) is 1.97. The van der Waals surface area contributed by atoms with Gasteiger partial charge in [-0.25, -0.2) is 0 Å². The van der Waals surface area contributed by atoms with Crippen molar-refractivity contribution >= 4 is 17.2 Å². The SMILES string of the molecule is O=C(CCCc1cccs1)NCC1(O)CCOC1. The highest BCUT2D eigenvalue weighted by molar-refractivity contribution is 7.09. The molecule has 1 atom stereocenters. The lowest BCUT2D eigenvalue weighted by atomic mass is 10.0. The van der Waals surface area contributed by atoms with Crippen LogP contribution in [0.5, 0.6) is 0 Å². The van der Waals surface area contributed by atoms with Crippen molar-refractivity contribution in [1.82, 2.24) is 5.32 Å². The van der Waals surface area contributed by atoms with Gasteiger partial charge in [-0.1, -0.05) is 6.07 Å². The maximum Gasteiger partial charge on any atom is 0.220 e. The molecule has 1 aliphatic heterocycles. The molecule has 0 radical (unpaired) electrons. The van der Waals surface area contributed by atoms with Gasteiger partial charge < -0.3 is 15.2 Å². The summed E-state index contributed by atoms with van der Waals surface area (Å²) < 4.78 is 5.12. The van der Waals surface area contributed by atoms with E-state index in [2.05, 4.69) is 11.4 Å². The van der Waals surface area contributed by atoms with Crippen LogP contribution in [0.25, 0.3) is 0 Å². The van der Waals surface area contributed by atoms with Crippen molar-refractivity contribution in [3.8, 4) is 0 Å². The van der Waals surface area contributed by atoms with Crippen LogP contribution in [0.2, 0.25) is 0 Å². The highest BCUT2D eigenvalue weighted by atomic mass is 32.1. The van der Waals surface area contributed by atoms with Gasteiger partial charge in [-0.3, -0.25) is 4.79 Å². The van der Waals surface area contributed by atoms with Gasteiger partial charge in [0.15, 0.2) is 0 Å². The lowest BCUT2D eigenvalue weighted by molar-refractivity contribution is -0.122. The summed E-state index contributed by atoms with van der Waals surface area (Å²) in [5.74, 6) is 0.00637. The Balaban J connectivity index is 1.60. The van der Waals surface area contributed by atoms with Crippen LogP contribution in [0.1, 0.15) is 24.1 Å². The molecule has 0 aromatic carbocycles. The first-order valence-corrected chi connectivity index (χ1v) is 7.15. The van der Waals surface area contributed by atoms with Gasteiger partial charge in [0.1, 0.15) is 5.60 Å². The molecule has 0 saturated carbocycles.